The van der Waals surface area contributed by atoms with Crippen molar-refractivity contribution in [3.8, 4) is 11.6 Å². The molecule has 0 fully saturated rings. The molecule has 0 aliphatic rings. The summed E-state index contributed by atoms with van der Waals surface area (Å²) in [5, 5.41) is 0. The zero-order valence-electron chi connectivity index (χ0n) is 15.8. The van der Waals surface area contributed by atoms with Gasteiger partial charge < -0.3 is 18.8 Å². The van der Waals surface area contributed by atoms with E-state index in [1.54, 1.807) is 19.4 Å². The van der Waals surface area contributed by atoms with Gasteiger partial charge in [0.15, 0.2) is 0 Å². The van der Waals surface area contributed by atoms with Crippen molar-refractivity contribution in [2.24, 2.45) is 0 Å². The summed E-state index contributed by atoms with van der Waals surface area (Å²) in [6.07, 6.45) is 2.98. The maximum atomic E-state index is 12.6. The Labute approximate surface area is 152 Å². The lowest BCUT2D eigenvalue weighted by molar-refractivity contribution is -0.140. The predicted octanol–water partition coefficient (Wildman–Crippen LogP) is 2.54. The Morgan fingerprint density at radius 1 is 1.32 bits per heavy atom. The number of rotatable bonds is 9. The number of carbonyl (C=O) groups excluding carboxylic acids is 1. The van der Waals surface area contributed by atoms with Crippen molar-refractivity contribution in [3.63, 3.8) is 0 Å². The highest BCUT2D eigenvalue weighted by atomic mass is 32.2. The molecule has 0 saturated carbocycles. The van der Waals surface area contributed by atoms with Gasteiger partial charge in [-0.15, -0.1) is 4.72 Å². The molecule has 1 N–H and O–H groups in total. The van der Waals surface area contributed by atoms with Gasteiger partial charge in [0.25, 0.3) is 0 Å². The number of esters is 1. The van der Waals surface area contributed by atoms with Gasteiger partial charge in [0.1, 0.15) is 10.5 Å². The second-order valence-electron chi connectivity index (χ2n) is 6.46. The van der Waals surface area contributed by atoms with E-state index in [9.17, 15) is 9.35 Å². The molecule has 1 aromatic rings. The van der Waals surface area contributed by atoms with Gasteiger partial charge in [0, 0.05) is 24.0 Å². The Morgan fingerprint density at radius 3 is 2.52 bits per heavy atom. The summed E-state index contributed by atoms with van der Waals surface area (Å²) in [5.41, 5.74) is 0.690. The van der Waals surface area contributed by atoms with Crippen LogP contribution in [0.15, 0.2) is 12.3 Å². The maximum Gasteiger partial charge on any atom is 0.305 e. The third-order valence-electron chi connectivity index (χ3n) is 3.58. The fraction of sp³-hybridized carbons (Fsp3) is 0.647. The van der Waals surface area contributed by atoms with Crippen LogP contribution in [0.4, 0.5) is 0 Å². The van der Waals surface area contributed by atoms with Gasteiger partial charge in [-0.3, -0.25) is 4.79 Å². The summed E-state index contributed by atoms with van der Waals surface area (Å²) in [4.78, 5) is 15.6. The fourth-order valence-corrected chi connectivity index (χ4v) is 3.07. The van der Waals surface area contributed by atoms with Crippen LogP contribution >= 0.6 is 0 Å². The molecule has 1 heterocycles. The Bertz CT molecular complexity index is 540. The molecule has 0 saturated heterocycles. The Kier molecular flexibility index (Phi) is 8.47. The highest BCUT2D eigenvalue weighted by molar-refractivity contribution is 7.90. The van der Waals surface area contributed by atoms with Crippen LogP contribution in [0.5, 0.6) is 11.6 Å². The molecule has 2 atom stereocenters. The third kappa shape index (κ3) is 6.37. The number of pyridine rings is 1. The normalized spacial score (nSPS) is 13.9. The fourth-order valence-electron chi connectivity index (χ4n) is 2.22. The highest BCUT2D eigenvalue weighted by Crippen LogP contribution is 2.36. The van der Waals surface area contributed by atoms with E-state index in [2.05, 4.69) is 14.4 Å². The summed E-state index contributed by atoms with van der Waals surface area (Å²) < 4.78 is 30.8. The van der Waals surface area contributed by atoms with Crippen molar-refractivity contribution < 1.29 is 23.6 Å². The molecular formula is C17H28N2O5S. The summed E-state index contributed by atoms with van der Waals surface area (Å²) >= 11 is -1.31. The van der Waals surface area contributed by atoms with Gasteiger partial charge in [-0.1, -0.05) is 0 Å². The van der Waals surface area contributed by atoms with E-state index in [4.69, 9.17) is 9.47 Å². The second kappa shape index (κ2) is 9.84. The van der Waals surface area contributed by atoms with E-state index in [1.165, 1.54) is 14.2 Å². The van der Waals surface area contributed by atoms with Crippen LogP contribution in [-0.2, 0) is 20.9 Å². The first-order chi connectivity index (χ1) is 11.7. The maximum absolute atomic E-state index is 12.6. The zero-order chi connectivity index (χ0) is 19.0. The molecule has 0 aliphatic carbocycles. The van der Waals surface area contributed by atoms with Gasteiger partial charge in [-0.05, 0) is 39.7 Å². The molecule has 2 unspecified atom stereocenters. The van der Waals surface area contributed by atoms with E-state index in [1.807, 2.05) is 20.8 Å². The summed E-state index contributed by atoms with van der Waals surface area (Å²) in [6, 6.07) is 1.38. The predicted molar refractivity (Wildman–Crippen MR) is 97.0 cm³/mol. The molecule has 1 rings (SSSR count). The lowest BCUT2D eigenvalue weighted by Crippen LogP contribution is -2.41. The topological polar surface area (TPSA) is 92.7 Å². The minimum atomic E-state index is -1.31. The molecule has 0 aliphatic heterocycles. The number of hydrogen-bond donors (Lipinski definition) is 1. The highest BCUT2D eigenvalue weighted by Gasteiger charge is 2.32. The number of nitrogens with zero attached hydrogens (tertiary/aromatic N) is 1. The summed E-state index contributed by atoms with van der Waals surface area (Å²) in [5.74, 6) is 0.718. The van der Waals surface area contributed by atoms with Crippen molar-refractivity contribution >= 4 is 17.3 Å². The molecule has 0 spiro atoms. The number of ether oxygens (including phenoxy) is 3. The standard InChI is InChI=1S/C17H28N2O5S/c1-17(2,3)25(21)19-12(8-7-9-14(20)23-5)15-13(22-4)10-11-18-16(15)24-6/h10-12,19H,7-9H2,1-6H3. The quantitative estimate of drug-likeness (QED) is 0.526. The first kappa shape index (κ1) is 21.5. The second-order valence-corrected chi connectivity index (χ2v) is 8.45. The van der Waals surface area contributed by atoms with E-state index in [-0.39, 0.29) is 18.4 Å². The number of nitrogens with one attached hydrogen (secondary N) is 1. The van der Waals surface area contributed by atoms with Crippen LogP contribution in [0, 0.1) is 0 Å². The number of carbonyl (C=O) groups is 1. The molecule has 142 valence electrons. The first-order valence-corrected chi connectivity index (χ1v) is 9.21. The Morgan fingerprint density at radius 2 is 2.00 bits per heavy atom. The largest absolute Gasteiger partial charge is 0.598 e. The molecule has 0 radical (unpaired) electrons. The Balaban J connectivity index is 3.11. The van der Waals surface area contributed by atoms with E-state index >= 15 is 0 Å². The van der Waals surface area contributed by atoms with Crippen molar-refractivity contribution in [2.45, 2.75) is 50.8 Å². The van der Waals surface area contributed by atoms with Crippen LogP contribution < -0.4 is 14.2 Å². The minimum Gasteiger partial charge on any atom is -0.598 e. The van der Waals surface area contributed by atoms with Crippen molar-refractivity contribution in [3.05, 3.63) is 17.8 Å². The minimum absolute atomic E-state index is 0.277. The zero-order valence-corrected chi connectivity index (χ0v) is 16.6. The van der Waals surface area contributed by atoms with Gasteiger partial charge in [0.2, 0.25) is 5.88 Å². The van der Waals surface area contributed by atoms with E-state index in [0.29, 0.717) is 30.0 Å². The number of aromatic nitrogens is 1. The average molecular weight is 372 g/mol. The molecule has 0 bridgehead atoms. The molecule has 1 aromatic heterocycles. The van der Waals surface area contributed by atoms with Crippen molar-refractivity contribution in [2.75, 3.05) is 21.3 Å². The molecule has 8 heteroatoms. The lowest BCUT2D eigenvalue weighted by atomic mass is 10.0. The first-order valence-electron chi connectivity index (χ1n) is 8.06. The SMILES string of the molecule is COC(=O)CCCC(N[S+]([O-])C(C)(C)C)c1c(OC)ccnc1OC. The molecule has 7 nitrogen and oxygen atoms in total. The van der Waals surface area contributed by atoms with Crippen molar-refractivity contribution in [1.29, 1.82) is 0 Å². The molecule has 0 aromatic carbocycles. The van der Waals surface area contributed by atoms with Crippen LogP contribution in [0.2, 0.25) is 0 Å². The van der Waals surface area contributed by atoms with Gasteiger partial charge in [0.05, 0.1) is 32.9 Å². The molecule has 25 heavy (non-hydrogen) atoms. The van der Waals surface area contributed by atoms with Gasteiger partial charge in [-0.2, -0.15) is 0 Å². The summed E-state index contributed by atoms with van der Waals surface area (Å²) in [7, 11) is 4.45. The van der Waals surface area contributed by atoms with Gasteiger partial charge >= 0.3 is 5.97 Å². The molecule has 0 amide bonds. The monoisotopic (exact) mass is 372 g/mol. The van der Waals surface area contributed by atoms with E-state index in [0.717, 1.165) is 0 Å². The smallest absolute Gasteiger partial charge is 0.305 e. The van der Waals surface area contributed by atoms with Crippen molar-refractivity contribution in [1.82, 2.24) is 9.71 Å². The Hall–Kier alpha value is -1.51. The number of methoxy groups -OCH3 is 3. The summed E-state index contributed by atoms with van der Waals surface area (Å²) in [6.45, 7) is 5.66. The van der Waals surface area contributed by atoms with Crippen LogP contribution in [0.3, 0.4) is 0 Å². The molecular weight excluding hydrogens is 344 g/mol. The van der Waals surface area contributed by atoms with E-state index < -0.39 is 16.1 Å². The lowest BCUT2D eigenvalue weighted by Gasteiger charge is -2.29. The van der Waals surface area contributed by atoms with Gasteiger partial charge in [-0.25, -0.2) is 4.98 Å². The van der Waals surface area contributed by atoms with Crippen LogP contribution in [0.25, 0.3) is 0 Å². The number of hydrogen-bond acceptors (Lipinski definition) is 7. The average Bonchev–Trinajstić information content (AvgIpc) is 2.58. The third-order valence-corrected chi connectivity index (χ3v) is 5.19. The van der Waals surface area contributed by atoms with Crippen LogP contribution in [-0.4, -0.2) is 41.6 Å². The van der Waals surface area contributed by atoms with Crippen LogP contribution in [0.1, 0.15) is 51.6 Å².